The van der Waals surface area contributed by atoms with Gasteiger partial charge in [-0.05, 0) is 31.7 Å². The lowest BCUT2D eigenvalue weighted by molar-refractivity contribution is -0.144. The second-order valence-corrected chi connectivity index (χ2v) is 5.93. The number of aliphatic carboxylic acids is 1. The Labute approximate surface area is 125 Å². The molecule has 0 heterocycles. The van der Waals surface area contributed by atoms with Gasteiger partial charge in [0.05, 0.1) is 0 Å². The Hall–Kier alpha value is -2.04. The maximum absolute atomic E-state index is 12.0. The van der Waals surface area contributed by atoms with E-state index in [-0.39, 0.29) is 6.04 Å². The first kappa shape index (κ1) is 17.0. The molecular weight excluding hydrogens is 268 g/mol. The van der Waals surface area contributed by atoms with Gasteiger partial charge in [0.1, 0.15) is 0 Å². The number of nitrogens with one attached hydrogen (secondary N) is 2. The first-order valence-electron chi connectivity index (χ1n) is 7.13. The molecule has 0 bridgehead atoms. The van der Waals surface area contributed by atoms with Gasteiger partial charge in [-0.25, -0.2) is 9.59 Å². The highest BCUT2D eigenvalue weighted by Crippen LogP contribution is 2.20. The Morgan fingerprint density at radius 3 is 2.24 bits per heavy atom. The summed E-state index contributed by atoms with van der Waals surface area (Å²) in [5, 5.41) is 14.8. The van der Waals surface area contributed by atoms with Crippen molar-refractivity contribution in [3.05, 3.63) is 35.9 Å². The topological polar surface area (TPSA) is 78.4 Å². The van der Waals surface area contributed by atoms with Crippen molar-refractivity contribution >= 4 is 12.0 Å². The third-order valence-corrected chi connectivity index (χ3v) is 3.34. The first-order chi connectivity index (χ1) is 9.75. The van der Waals surface area contributed by atoms with E-state index in [0.717, 1.165) is 6.42 Å². The molecule has 0 fully saturated rings. The van der Waals surface area contributed by atoms with E-state index in [4.69, 9.17) is 0 Å². The zero-order valence-electron chi connectivity index (χ0n) is 13.0. The largest absolute Gasteiger partial charge is 0.479 e. The monoisotopic (exact) mass is 292 g/mol. The molecule has 0 aliphatic carbocycles. The van der Waals surface area contributed by atoms with Crippen LogP contribution in [0.1, 0.15) is 39.7 Å². The number of carboxylic acid groups (broad SMARTS) is 1. The quantitative estimate of drug-likeness (QED) is 0.754. The van der Waals surface area contributed by atoms with Crippen molar-refractivity contribution in [3.63, 3.8) is 0 Å². The normalized spacial score (nSPS) is 15.1. The maximum Gasteiger partial charge on any atom is 0.333 e. The summed E-state index contributed by atoms with van der Waals surface area (Å²) in [6.07, 6.45) is 0.836. The van der Waals surface area contributed by atoms with Gasteiger partial charge in [0.15, 0.2) is 5.54 Å². The minimum absolute atomic E-state index is 0.0150. The van der Waals surface area contributed by atoms with E-state index in [9.17, 15) is 14.7 Å². The predicted octanol–water partition coefficient (Wildman–Crippen LogP) is 2.72. The number of carbonyl (C=O) groups is 2. The molecule has 0 aliphatic rings. The van der Waals surface area contributed by atoms with Crippen molar-refractivity contribution in [1.29, 1.82) is 0 Å². The van der Waals surface area contributed by atoms with Crippen LogP contribution in [0.3, 0.4) is 0 Å². The van der Waals surface area contributed by atoms with Gasteiger partial charge in [0.2, 0.25) is 0 Å². The Balaban J connectivity index is 2.80. The zero-order valence-corrected chi connectivity index (χ0v) is 13.0. The van der Waals surface area contributed by atoms with E-state index < -0.39 is 17.5 Å². The molecule has 5 heteroatoms. The van der Waals surface area contributed by atoms with E-state index in [2.05, 4.69) is 24.5 Å². The molecule has 21 heavy (non-hydrogen) atoms. The summed E-state index contributed by atoms with van der Waals surface area (Å²) in [4.78, 5) is 23.6. The SMILES string of the molecule is CC(C)CC(C)NC(=O)NC(C)(C(=O)O)c1ccccc1. The van der Waals surface area contributed by atoms with Crippen LogP contribution in [0.25, 0.3) is 0 Å². The van der Waals surface area contributed by atoms with Crippen LogP contribution in [-0.4, -0.2) is 23.1 Å². The van der Waals surface area contributed by atoms with Gasteiger partial charge in [0.25, 0.3) is 0 Å². The summed E-state index contributed by atoms with van der Waals surface area (Å²) in [6, 6.07) is 8.18. The molecule has 0 radical (unpaired) electrons. The van der Waals surface area contributed by atoms with Crippen LogP contribution in [0.2, 0.25) is 0 Å². The van der Waals surface area contributed by atoms with Crippen LogP contribution in [0.5, 0.6) is 0 Å². The fourth-order valence-electron chi connectivity index (χ4n) is 2.27. The van der Waals surface area contributed by atoms with Crippen LogP contribution in [0.15, 0.2) is 30.3 Å². The Bertz CT molecular complexity index is 488. The van der Waals surface area contributed by atoms with Crippen LogP contribution in [-0.2, 0) is 10.3 Å². The summed E-state index contributed by atoms with van der Waals surface area (Å²) >= 11 is 0. The maximum atomic E-state index is 12.0. The molecule has 5 nitrogen and oxygen atoms in total. The van der Waals surface area contributed by atoms with E-state index in [0.29, 0.717) is 11.5 Å². The number of carboxylic acids is 1. The van der Waals surface area contributed by atoms with E-state index in [1.807, 2.05) is 6.92 Å². The second-order valence-electron chi connectivity index (χ2n) is 5.93. The lowest BCUT2D eigenvalue weighted by Crippen LogP contribution is -2.54. The molecule has 1 aromatic carbocycles. The fraction of sp³-hybridized carbons (Fsp3) is 0.500. The summed E-state index contributed by atoms with van der Waals surface area (Å²) in [5.41, 5.74) is -0.924. The van der Waals surface area contributed by atoms with Crippen molar-refractivity contribution in [3.8, 4) is 0 Å². The number of benzene rings is 1. The average Bonchev–Trinajstić information content (AvgIpc) is 2.37. The molecule has 0 saturated heterocycles. The second kappa shape index (κ2) is 7.11. The van der Waals surface area contributed by atoms with Crippen LogP contribution in [0.4, 0.5) is 4.79 Å². The third kappa shape index (κ3) is 4.77. The van der Waals surface area contributed by atoms with Gasteiger partial charge >= 0.3 is 12.0 Å². The molecule has 3 N–H and O–H groups in total. The van der Waals surface area contributed by atoms with Gasteiger partial charge in [-0.15, -0.1) is 0 Å². The molecular formula is C16H24N2O3. The Morgan fingerprint density at radius 1 is 1.19 bits per heavy atom. The predicted molar refractivity (Wildman–Crippen MR) is 82.0 cm³/mol. The molecule has 2 amide bonds. The van der Waals surface area contributed by atoms with Crippen molar-refractivity contribution < 1.29 is 14.7 Å². The number of rotatable bonds is 6. The minimum atomic E-state index is -1.46. The molecule has 1 aromatic rings. The van der Waals surface area contributed by atoms with Crippen LogP contribution < -0.4 is 10.6 Å². The first-order valence-corrected chi connectivity index (χ1v) is 7.13. The number of hydrogen-bond acceptors (Lipinski definition) is 2. The van der Waals surface area contributed by atoms with Crippen LogP contribution >= 0.6 is 0 Å². The molecule has 0 aromatic heterocycles. The summed E-state index contributed by atoms with van der Waals surface area (Å²) in [6.45, 7) is 7.53. The fourth-order valence-corrected chi connectivity index (χ4v) is 2.27. The Kier molecular flexibility index (Phi) is 5.76. The molecule has 0 saturated carbocycles. The highest BCUT2D eigenvalue weighted by atomic mass is 16.4. The van der Waals surface area contributed by atoms with Crippen LogP contribution in [0, 0.1) is 5.92 Å². The van der Waals surface area contributed by atoms with Crippen molar-refractivity contribution in [2.45, 2.75) is 45.7 Å². The molecule has 116 valence electrons. The lowest BCUT2D eigenvalue weighted by atomic mass is 9.92. The molecule has 2 unspecified atom stereocenters. The summed E-state index contributed by atoms with van der Waals surface area (Å²) in [7, 11) is 0. The zero-order chi connectivity index (χ0) is 16.0. The smallest absolute Gasteiger partial charge is 0.333 e. The Morgan fingerprint density at radius 2 is 1.76 bits per heavy atom. The van der Waals surface area contributed by atoms with Gasteiger partial charge in [-0.2, -0.15) is 0 Å². The molecule has 0 spiro atoms. The van der Waals surface area contributed by atoms with E-state index in [1.165, 1.54) is 6.92 Å². The van der Waals surface area contributed by atoms with Crippen molar-refractivity contribution in [2.75, 3.05) is 0 Å². The minimum Gasteiger partial charge on any atom is -0.479 e. The summed E-state index contributed by atoms with van der Waals surface area (Å²) < 4.78 is 0. The molecule has 0 aliphatic heterocycles. The molecule has 1 rings (SSSR count). The third-order valence-electron chi connectivity index (χ3n) is 3.34. The lowest BCUT2D eigenvalue weighted by Gasteiger charge is -2.28. The summed E-state index contributed by atoms with van der Waals surface area (Å²) in [5.74, 6) is -0.638. The van der Waals surface area contributed by atoms with Gasteiger partial charge in [0, 0.05) is 6.04 Å². The number of urea groups is 1. The highest BCUT2D eigenvalue weighted by Gasteiger charge is 2.36. The average molecular weight is 292 g/mol. The van der Waals surface area contributed by atoms with E-state index in [1.54, 1.807) is 30.3 Å². The molecule has 2 atom stereocenters. The standard InChI is InChI=1S/C16H24N2O3/c1-11(2)10-12(3)17-15(21)18-16(4,14(19)20)13-8-6-5-7-9-13/h5-9,11-12H,10H2,1-4H3,(H,19,20)(H2,17,18,21). The number of hydrogen-bond donors (Lipinski definition) is 3. The highest BCUT2D eigenvalue weighted by molar-refractivity contribution is 5.87. The van der Waals surface area contributed by atoms with Gasteiger partial charge < -0.3 is 15.7 Å². The van der Waals surface area contributed by atoms with Crippen molar-refractivity contribution in [2.24, 2.45) is 5.92 Å². The number of carbonyl (C=O) groups excluding carboxylic acids is 1. The number of amides is 2. The van der Waals surface area contributed by atoms with Gasteiger partial charge in [-0.1, -0.05) is 44.2 Å². The van der Waals surface area contributed by atoms with Gasteiger partial charge in [-0.3, -0.25) is 0 Å². The van der Waals surface area contributed by atoms with Crippen molar-refractivity contribution in [1.82, 2.24) is 10.6 Å². The van der Waals surface area contributed by atoms with E-state index >= 15 is 0 Å².